The van der Waals surface area contributed by atoms with Crippen molar-refractivity contribution in [1.82, 2.24) is 9.88 Å². The lowest BCUT2D eigenvalue weighted by Gasteiger charge is -2.48. The molecule has 9 heteroatoms. The second-order valence-electron chi connectivity index (χ2n) is 7.41. The molecule has 1 aromatic heterocycles. The number of amides is 1. The Kier molecular flexibility index (Phi) is 5.04. The second kappa shape index (κ2) is 7.38. The first-order chi connectivity index (χ1) is 13.8. The third-order valence-electron chi connectivity index (χ3n) is 5.44. The second-order valence-corrected chi connectivity index (χ2v) is 7.41. The largest absolute Gasteiger partial charge is 0.437 e. The van der Waals surface area contributed by atoms with Crippen LogP contribution in [-0.2, 0) is 16.1 Å². The van der Waals surface area contributed by atoms with Gasteiger partial charge in [-0.05, 0) is 43.2 Å². The van der Waals surface area contributed by atoms with Gasteiger partial charge >= 0.3 is 12.0 Å². The van der Waals surface area contributed by atoms with Crippen LogP contribution in [0.1, 0.15) is 18.4 Å². The molecular formula is C20H19F4N3O2. The van der Waals surface area contributed by atoms with Crippen molar-refractivity contribution in [2.75, 3.05) is 24.5 Å². The molecule has 0 unspecified atom stereocenters. The van der Waals surface area contributed by atoms with Crippen molar-refractivity contribution in [2.45, 2.75) is 31.1 Å². The Labute approximate surface area is 164 Å². The first-order valence-corrected chi connectivity index (χ1v) is 9.24. The van der Waals surface area contributed by atoms with E-state index in [4.69, 9.17) is 4.74 Å². The summed E-state index contributed by atoms with van der Waals surface area (Å²) in [6.07, 6.45) is -0.828. The maximum absolute atomic E-state index is 14.4. The monoisotopic (exact) mass is 409 g/mol. The zero-order valence-corrected chi connectivity index (χ0v) is 15.5. The summed E-state index contributed by atoms with van der Waals surface area (Å²) in [5.41, 5.74) is -0.548. The van der Waals surface area contributed by atoms with Crippen molar-refractivity contribution in [2.24, 2.45) is 0 Å². The molecule has 2 fully saturated rings. The van der Waals surface area contributed by atoms with Crippen LogP contribution >= 0.6 is 0 Å². The number of nitrogens with zero attached hydrogens (tertiary/aromatic N) is 3. The van der Waals surface area contributed by atoms with E-state index in [1.165, 1.54) is 18.3 Å². The quantitative estimate of drug-likeness (QED) is 0.730. The molecule has 4 rings (SSSR count). The van der Waals surface area contributed by atoms with Crippen molar-refractivity contribution < 1.29 is 27.1 Å². The molecule has 2 aliphatic heterocycles. The van der Waals surface area contributed by atoms with Crippen molar-refractivity contribution in [3.8, 4) is 0 Å². The fourth-order valence-corrected chi connectivity index (χ4v) is 3.85. The molecule has 0 bridgehead atoms. The predicted molar refractivity (Wildman–Crippen MR) is 96.2 cm³/mol. The number of piperidine rings is 1. The third-order valence-corrected chi connectivity index (χ3v) is 5.44. The molecule has 1 amide bonds. The molecule has 0 N–H and O–H groups in total. The number of anilines is 1. The van der Waals surface area contributed by atoms with E-state index < -0.39 is 29.3 Å². The number of hydrogen-bond acceptors (Lipinski definition) is 4. The zero-order chi connectivity index (χ0) is 20.6. The third kappa shape index (κ3) is 3.97. The van der Waals surface area contributed by atoms with Gasteiger partial charge in [0.15, 0.2) is 0 Å². The van der Waals surface area contributed by atoms with E-state index in [0.717, 1.165) is 23.2 Å². The highest BCUT2D eigenvalue weighted by Gasteiger charge is 2.57. The van der Waals surface area contributed by atoms with Crippen LogP contribution in [0.3, 0.4) is 0 Å². The van der Waals surface area contributed by atoms with Gasteiger partial charge in [-0.2, -0.15) is 8.78 Å². The smallest absolute Gasteiger partial charge is 0.304 e. The Hall–Kier alpha value is -2.52. The minimum atomic E-state index is -3.97. The minimum absolute atomic E-state index is 0.0511. The van der Waals surface area contributed by atoms with Crippen LogP contribution in [0.4, 0.5) is 23.2 Å². The molecule has 5 nitrogen and oxygen atoms in total. The number of carbonyl (C=O) groups is 1. The molecule has 2 saturated heterocycles. The Morgan fingerprint density at radius 3 is 2.41 bits per heavy atom. The van der Waals surface area contributed by atoms with E-state index in [9.17, 15) is 22.4 Å². The van der Waals surface area contributed by atoms with E-state index in [1.54, 1.807) is 6.07 Å². The van der Waals surface area contributed by atoms with Gasteiger partial charge in [0.05, 0.1) is 18.3 Å². The van der Waals surface area contributed by atoms with Gasteiger partial charge in [0.1, 0.15) is 11.6 Å². The van der Waals surface area contributed by atoms with E-state index in [-0.39, 0.29) is 25.1 Å². The molecule has 2 aliphatic rings. The lowest BCUT2D eigenvalue weighted by Crippen LogP contribution is -2.64. The topological polar surface area (TPSA) is 45.7 Å². The summed E-state index contributed by atoms with van der Waals surface area (Å²) in [7, 11) is 0. The molecule has 3 heterocycles. The van der Waals surface area contributed by atoms with Gasteiger partial charge in [-0.15, -0.1) is 0 Å². The normalized spacial score (nSPS) is 21.5. The number of morpholine rings is 1. The number of aromatic nitrogens is 1. The molecule has 29 heavy (non-hydrogen) atoms. The standard InChI is InChI=1S/C20H19F4N3O2/c21-15-1-3-16(4-2-15)27-13-19(29-20(23,24)18(27)28)6-9-26(10-7-19)12-14-5-8-25-11-17(14)22/h1-5,8,11H,6-7,9-10,12-13H2. The van der Waals surface area contributed by atoms with Crippen LogP contribution in [0, 0.1) is 11.6 Å². The average molecular weight is 409 g/mol. The molecular weight excluding hydrogens is 390 g/mol. The van der Waals surface area contributed by atoms with Gasteiger partial charge in [0, 0.05) is 37.1 Å². The van der Waals surface area contributed by atoms with Crippen LogP contribution in [0.2, 0.25) is 0 Å². The number of likely N-dealkylation sites (tertiary alicyclic amines) is 1. The minimum Gasteiger partial charge on any atom is -0.304 e. The summed E-state index contributed by atoms with van der Waals surface area (Å²) in [6.45, 7) is 1.10. The Morgan fingerprint density at radius 1 is 1.07 bits per heavy atom. The Balaban J connectivity index is 1.50. The highest BCUT2D eigenvalue weighted by atomic mass is 19.3. The van der Waals surface area contributed by atoms with Crippen LogP contribution < -0.4 is 4.90 Å². The van der Waals surface area contributed by atoms with Gasteiger partial charge in [-0.3, -0.25) is 14.7 Å². The highest BCUT2D eigenvalue weighted by Crippen LogP contribution is 2.40. The summed E-state index contributed by atoms with van der Waals surface area (Å²) in [5.74, 6) is -2.40. The molecule has 154 valence electrons. The van der Waals surface area contributed by atoms with E-state index in [1.807, 2.05) is 4.90 Å². The van der Waals surface area contributed by atoms with Crippen LogP contribution in [-0.4, -0.2) is 47.1 Å². The summed E-state index contributed by atoms with van der Waals surface area (Å²) in [6, 6.07) is 6.41. The summed E-state index contributed by atoms with van der Waals surface area (Å²) < 4.78 is 60.8. The number of pyridine rings is 1. The fourth-order valence-electron chi connectivity index (χ4n) is 3.85. The maximum atomic E-state index is 14.4. The molecule has 1 aromatic carbocycles. The first-order valence-electron chi connectivity index (χ1n) is 9.24. The van der Waals surface area contributed by atoms with Crippen molar-refractivity contribution >= 4 is 11.6 Å². The summed E-state index contributed by atoms with van der Waals surface area (Å²) in [5, 5.41) is 0. The number of halogens is 4. The number of rotatable bonds is 3. The fraction of sp³-hybridized carbons (Fsp3) is 0.400. The van der Waals surface area contributed by atoms with E-state index >= 15 is 0 Å². The zero-order valence-electron chi connectivity index (χ0n) is 15.5. The van der Waals surface area contributed by atoms with E-state index in [2.05, 4.69) is 4.98 Å². The molecule has 0 aliphatic carbocycles. The molecule has 1 spiro atoms. The Morgan fingerprint density at radius 2 is 1.76 bits per heavy atom. The number of hydrogen-bond donors (Lipinski definition) is 0. The van der Waals surface area contributed by atoms with Crippen molar-refractivity contribution in [3.05, 3.63) is 59.9 Å². The Bertz CT molecular complexity index is 899. The molecule has 0 atom stereocenters. The summed E-state index contributed by atoms with van der Waals surface area (Å²) >= 11 is 0. The average Bonchev–Trinajstić information content (AvgIpc) is 2.69. The number of benzene rings is 1. The van der Waals surface area contributed by atoms with Gasteiger partial charge < -0.3 is 9.64 Å². The highest BCUT2D eigenvalue weighted by molar-refractivity contribution is 5.98. The maximum Gasteiger partial charge on any atom is 0.437 e. The molecule has 2 aromatic rings. The van der Waals surface area contributed by atoms with Crippen molar-refractivity contribution in [3.63, 3.8) is 0 Å². The summed E-state index contributed by atoms with van der Waals surface area (Å²) in [4.78, 5) is 18.8. The van der Waals surface area contributed by atoms with Crippen molar-refractivity contribution in [1.29, 1.82) is 0 Å². The molecule has 0 saturated carbocycles. The van der Waals surface area contributed by atoms with Crippen LogP contribution in [0.15, 0.2) is 42.7 Å². The van der Waals surface area contributed by atoms with Gasteiger partial charge in [0.25, 0.3) is 0 Å². The first kappa shape index (κ1) is 19.8. The molecule has 0 radical (unpaired) electrons. The van der Waals surface area contributed by atoms with E-state index in [0.29, 0.717) is 25.2 Å². The lowest BCUT2D eigenvalue weighted by atomic mass is 9.88. The van der Waals surface area contributed by atoms with Gasteiger partial charge in [0.2, 0.25) is 0 Å². The van der Waals surface area contributed by atoms with Gasteiger partial charge in [-0.1, -0.05) is 0 Å². The number of ether oxygens (including phenoxy) is 1. The van der Waals surface area contributed by atoms with Gasteiger partial charge in [-0.25, -0.2) is 8.78 Å². The SMILES string of the molecule is O=C1N(c2ccc(F)cc2)CC2(CCN(Cc3ccncc3F)CC2)OC1(F)F. The van der Waals surface area contributed by atoms with Crippen LogP contribution in [0.25, 0.3) is 0 Å². The number of carbonyl (C=O) groups excluding carboxylic acids is 1. The lowest BCUT2D eigenvalue weighted by molar-refractivity contribution is -0.293. The number of alkyl halides is 2. The predicted octanol–water partition coefficient (Wildman–Crippen LogP) is 3.35. The van der Waals surface area contributed by atoms with Crippen LogP contribution in [0.5, 0.6) is 0 Å².